The van der Waals surface area contributed by atoms with Crippen LogP contribution in [-0.2, 0) is 19.1 Å². The first-order chi connectivity index (χ1) is 13.4. The smallest absolute Gasteiger partial charge is 0.349 e. The molecule has 1 saturated heterocycles. The number of ether oxygens (including phenoxy) is 2. The van der Waals surface area contributed by atoms with Gasteiger partial charge in [0.2, 0.25) is 0 Å². The zero-order valence-corrected chi connectivity index (χ0v) is 17.0. The molecule has 0 spiro atoms. The number of benzene rings is 1. The van der Waals surface area contributed by atoms with Gasteiger partial charge in [-0.2, -0.15) is 0 Å². The highest BCUT2D eigenvalue weighted by molar-refractivity contribution is 6.33. The molecule has 0 aliphatic carbocycles. The van der Waals surface area contributed by atoms with E-state index >= 15 is 0 Å². The van der Waals surface area contributed by atoms with E-state index in [1.165, 1.54) is 37.3 Å². The number of hydrogen-bond acceptors (Lipinski definition) is 6. The number of cyclic esters (lactones) is 2. The maximum Gasteiger partial charge on any atom is 0.349 e. The second-order valence-corrected chi connectivity index (χ2v) is 8.14. The van der Waals surface area contributed by atoms with Crippen molar-refractivity contribution in [1.82, 2.24) is 0 Å². The summed E-state index contributed by atoms with van der Waals surface area (Å²) in [5, 5.41) is 9.43. The van der Waals surface area contributed by atoms with Gasteiger partial charge in [-0.25, -0.2) is 14.4 Å². The SMILES string of the molecule is CC(C)(C)C1(C)OC(=O)C(=Cc2ccc(-c3cc(C(=O)O)ccc3Cl)o2)C(=O)O1. The van der Waals surface area contributed by atoms with E-state index in [1.54, 1.807) is 26.8 Å². The molecule has 1 aliphatic rings. The third-order valence-electron chi connectivity index (χ3n) is 4.77. The number of carbonyl (C=O) groups excluding carboxylic acids is 2. The number of carboxylic acids is 1. The Morgan fingerprint density at radius 2 is 1.72 bits per heavy atom. The van der Waals surface area contributed by atoms with E-state index in [0.717, 1.165) is 0 Å². The van der Waals surface area contributed by atoms with Crippen molar-refractivity contribution in [2.45, 2.75) is 33.5 Å². The Morgan fingerprint density at radius 1 is 1.10 bits per heavy atom. The number of esters is 2. The highest BCUT2D eigenvalue weighted by Gasteiger charge is 2.50. The van der Waals surface area contributed by atoms with Crippen molar-refractivity contribution in [3.63, 3.8) is 0 Å². The number of aromatic carboxylic acids is 1. The molecule has 1 aliphatic heterocycles. The normalized spacial score (nSPS) is 19.6. The first-order valence-corrected chi connectivity index (χ1v) is 9.10. The average molecular weight is 419 g/mol. The van der Waals surface area contributed by atoms with Gasteiger partial charge in [0.25, 0.3) is 5.79 Å². The first kappa shape index (κ1) is 20.7. The molecule has 1 aromatic heterocycles. The van der Waals surface area contributed by atoms with Gasteiger partial charge in [-0.15, -0.1) is 0 Å². The molecule has 0 saturated carbocycles. The molecule has 2 aromatic rings. The van der Waals surface area contributed by atoms with Gasteiger partial charge in [-0.1, -0.05) is 32.4 Å². The van der Waals surface area contributed by atoms with Crippen LogP contribution in [0.1, 0.15) is 43.8 Å². The summed E-state index contributed by atoms with van der Waals surface area (Å²) in [7, 11) is 0. The molecule has 0 atom stereocenters. The fourth-order valence-electron chi connectivity index (χ4n) is 2.56. The van der Waals surface area contributed by atoms with Crippen LogP contribution in [-0.4, -0.2) is 28.8 Å². The quantitative estimate of drug-likeness (QED) is 0.443. The minimum Gasteiger partial charge on any atom is -0.478 e. The summed E-state index contributed by atoms with van der Waals surface area (Å²) in [6.45, 7) is 6.89. The Morgan fingerprint density at radius 3 is 2.28 bits per heavy atom. The Hall–Kier alpha value is -3.06. The molecule has 8 heteroatoms. The molecule has 1 fully saturated rings. The Kier molecular flexibility index (Phi) is 5.04. The maximum atomic E-state index is 12.4. The van der Waals surface area contributed by atoms with Crippen LogP contribution in [0.5, 0.6) is 0 Å². The summed E-state index contributed by atoms with van der Waals surface area (Å²) in [5.41, 5.74) is -0.516. The van der Waals surface area contributed by atoms with Gasteiger partial charge in [-0.05, 0) is 30.3 Å². The molecule has 1 aromatic carbocycles. The van der Waals surface area contributed by atoms with Crippen LogP contribution < -0.4 is 0 Å². The maximum absolute atomic E-state index is 12.4. The molecular formula is C21H19ClO7. The molecular weight excluding hydrogens is 400 g/mol. The van der Waals surface area contributed by atoms with Gasteiger partial charge in [0, 0.05) is 24.0 Å². The lowest BCUT2D eigenvalue weighted by atomic mass is 9.86. The third kappa shape index (κ3) is 3.91. The molecule has 152 valence electrons. The summed E-state index contributed by atoms with van der Waals surface area (Å²) in [6.07, 6.45) is 1.21. The summed E-state index contributed by atoms with van der Waals surface area (Å²) in [6, 6.07) is 7.27. The molecule has 7 nitrogen and oxygen atoms in total. The van der Waals surface area contributed by atoms with Crippen LogP contribution >= 0.6 is 11.6 Å². The van der Waals surface area contributed by atoms with Crippen LogP contribution in [0, 0.1) is 5.41 Å². The minimum absolute atomic E-state index is 0.0432. The number of carbonyl (C=O) groups is 3. The van der Waals surface area contributed by atoms with Crippen molar-refractivity contribution in [1.29, 1.82) is 0 Å². The molecule has 0 bridgehead atoms. The van der Waals surface area contributed by atoms with Crippen molar-refractivity contribution in [3.8, 4) is 11.3 Å². The standard InChI is InChI=1S/C21H19ClO7/c1-20(2,3)21(4)28-18(25)14(19(26)29-21)10-12-6-8-16(27-12)13-9-11(17(23)24)5-7-15(13)22/h5-10H,1-4H3,(H,23,24). The number of carboxylic acid groups (broad SMARTS) is 1. The lowest BCUT2D eigenvalue weighted by Gasteiger charge is -2.42. The molecule has 0 amide bonds. The summed E-state index contributed by atoms with van der Waals surface area (Å²) in [5.74, 6) is -3.67. The molecule has 2 heterocycles. The second kappa shape index (κ2) is 7.08. The second-order valence-electron chi connectivity index (χ2n) is 7.73. The number of hydrogen-bond donors (Lipinski definition) is 1. The van der Waals surface area contributed by atoms with Crippen molar-refractivity contribution < 1.29 is 33.4 Å². The molecule has 3 rings (SSSR count). The number of halogens is 1. The minimum atomic E-state index is -1.39. The molecule has 0 unspecified atom stereocenters. The van der Waals surface area contributed by atoms with Crippen molar-refractivity contribution >= 4 is 35.6 Å². The lowest BCUT2D eigenvalue weighted by molar-refractivity contribution is -0.261. The fraction of sp³-hybridized carbons (Fsp3) is 0.286. The van der Waals surface area contributed by atoms with E-state index in [-0.39, 0.29) is 22.7 Å². The fourth-order valence-corrected chi connectivity index (χ4v) is 2.77. The number of furan rings is 1. The number of rotatable bonds is 3. The van der Waals surface area contributed by atoms with Crippen molar-refractivity contribution in [3.05, 3.63) is 52.3 Å². The van der Waals surface area contributed by atoms with E-state index in [1.807, 2.05) is 0 Å². The summed E-state index contributed by atoms with van der Waals surface area (Å²) < 4.78 is 16.4. The zero-order valence-electron chi connectivity index (χ0n) is 16.2. The highest BCUT2D eigenvalue weighted by Crippen LogP contribution is 2.39. The predicted molar refractivity (Wildman–Crippen MR) is 104 cm³/mol. The van der Waals surface area contributed by atoms with Crippen molar-refractivity contribution in [2.24, 2.45) is 5.41 Å². The van der Waals surface area contributed by atoms with Crippen LogP contribution in [0.15, 0.2) is 40.3 Å². The van der Waals surface area contributed by atoms with Gasteiger partial charge in [0.05, 0.1) is 10.6 Å². The van der Waals surface area contributed by atoms with E-state index in [9.17, 15) is 14.4 Å². The first-order valence-electron chi connectivity index (χ1n) is 8.73. The van der Waals surface area contributed by atoms with Gasteiger partial charge in [0.15, 0.2) is 0 Å². The zero-order chi connectivity index (χ0) is 21.6. The molecule has 1 N–H and O–H groups in total. The van der Waals surface area contributed by atoms with Gasteiger partial charge < -0.3 is 19.0 Å². The third-order valence-corrected chi connectivity index (χ3v) is 5.10. The van der Waals surface area contributed by atoms with Crippen LogP contribution in [0.2, 0.25) is 5.02 Å². The van der Waals surface area contributed by atoms with E-state index in [4.69, 9.17) is 30.6 Å². The van der Waals surface area contributed by atoms with Crippen LogP contribution in [0.25, 0.3) is 17.4 Å². The molecule has 0 radical (unpaired) electrons. The summed E-state index contributed by atoms with van der Waals surface area (Å²) >= 11 is 6.14. The Balaban J connectivity index is 1.92. The van der Waals surface area contributed by atoms with E-state index in [2.05, 4.69) is 0 Å². The van der Waals surface area contributed by atoms with Gasteiger partial charge >= 0.3 is 17.9 Å². The van der Waals surface area contributed by atoms with Crippen molar-refractivity contribution in [2.75, 3.05) is 0 Å². The Labute approximate surface area is 171 Å². The topological polar surface area (TPSA) is 103 Å². The van der Waals surface area contributed by atoms with Crippen LogP contribution in [0.4, 0.5) is 0 Å². The predicted octanol–water partition coefficient (Wildman–Crippen LogP) is 4.54. The Bertz CT molecular complexity index is 1020. The van der Waals surface area contributed by atoms with Gasteiger partial charge in [0.1, 0.15) is 17.1 Å². The lowest BCUT2D eigenvalue weighted by Crippen LogP contribution is -2.52. The largest absolute Gasteiger partial charge is 0.478 e. The monoisotopic (exact) mass is 418 g/mol. The highest BCUT2D eigenvalue weighted by atomic mass is 35.5. The van der Waals surface area contributed by atoms with E-state index < -0.39 is 29.1 Å². The average Bonchev–Trinajstić information content (AvgIpc) is 3.06. The van der Waals surface area contributed by atoms with Gasteiger partial charge in [-0.3, -0.25) is 0 Å². The summed E-state index contributed by atoms with van der Waals surface area (Å²) in [4.78, 5) is 36.0. The van der Waals surface area contributed by atoms with E-state index in [0.29, 0.717) is 10.6 Å². The van der Waals surface area contributed by atoms with Crippen LogP contribution in [0.3, 0.4) is 0 Å². The molecule has 29 heavy (non-hydrogen) atoms.